The molecule has 0 unspecified atom stereocenters. The van der Waals surface area contributed by atoms with Crippen LogP contribution in [-0.4, -0.2) is 11.8 Å². The molecular formula is C17H14FN3O2. The van der Waals surface area contributed by atoms with Crippen LogP contribution in [0.1, 0.15) is 22.3 Å². The minimum atomic E-state index is -0.412. The number of halogens is 1. The van der Waals surface area contributed by atoms with E-state index in [1.807, 2.05) is 0 Å². The molecule has 0 saturated carbocycles. The summed E-state index contributed by atoms with van der Waals surface area (Å²) >= 11 is 0. The van der Waals surface area contributed by atoms with Gasteiger partial charge in [0, 0.05) is 17.8 Å². The van der Waals surface area contributed by atoms with Crippen molar-refractivity contribution in [3.8, 4) is 6.07 Å². The van der Waals surface area contributed by atoms with E-state index in [1.165, 1.54) is 24.3 Å². The van der Waals surface area contributed by atoms with Crippen molar-refractivity contribution in [3.05, 3.63) is 65.5 Å². The Labute approximate surface area is 132 Å². The summed E-state index contributed by atoms with van der Waals surface area (Å²) in [5.74, 6) is -1.17. The standard InChI is InChI=1S/C17H14FN3O2/c18-14-7-5-12(6-8-14)17(23)20-11-13-3-1-2-4-15(13)21-16(22)9-10-19/h1-8H,9,11H2,(H,20,23)(H,21,22). The lowest BCUT2D eigenvalue weighted by molar-refractivity contribution is -0.115. The average molecular weight is 311 g/mol. The van der Waals surface area contributed by atoms with Crippen molar-refractivity contribution in [2.45, 2.75) is 13.0 Å². The van der Waals surface area contributed by atoms with Gasteiger partial charge in [-0.1, -0.05) is 18.2 Å². The number of benzene rings is 2. The fraction of sp³-hybridized carbons (Fsp3) is 0.118. The molecule has 0 heterocycles. The first-order chi connectivity index (χ1) is 11.1. The molecule has 0 atom stereocenters. The number of anilines is 1. The number of nitriles is 1. The van der Waals surface area contributed by atoms with Gasteiger partial charge in [0.2, 0.25) is 5.91 Å². The van der Waals surface area contributed by atoms with E-state index in [-0.39, 0.29) is 18.9 Å². The molecule has 2 aromatic carbocycles. The Morgan fingerprint density at radius 3 is 2.48 bits per heavy atom. The van der Waals surface area contributed by atoms with Crippen molar-refractivity contribution in [3.63, 3.8) is 0 Å². The van der Waals surface area contributed by atoms with Gasteiger partial charge in [0.25, 0.3) is 5.91 Å². The van der Waals surface area contributed by atoms with E-state index in [1.54, 1.807) is 30.3 Å². The highest BCUT2D eigenvalue weighted by molar-refractivity contribution is 5.95. The lowest BCUT2D eigenvalue weighted by Gasteiger charge is -2.11. The number of nitrogens with zero attached hydrogens (tertiary/aromatic N) is 1. The molecule has 2 amide bonds. The van der Waals surface area contributed by atoms with Crippen molar-refractivity contribution in [1.82, 2.24) is 5.32 Å². The Hall–Kier alpha value is -3.20. The summed E-state index contributed by atoms with van der Waals surface area (Å²) in [5.41, 5.74) is 1.58. The van der Waals surface area contributed by atoms with Crippen molar-refractivity contribution < 1.29 is 14.0 Å². The van der Waals surface area contributed by atoms with Crippen LogP contribution in [0.4, 0.5) is 10.1 Å². The number of nitrogens with one attached hydrogen (secondary N) is 2. The number of hydrogen-bond acceptors (Lipinski definition) is 3. The molecule has 0 spiro atoms. The molecule has 0 bridgehead atoms. The van der Waals surface area contributed by atoms with Gasteiger partial charge in [-0.05, 0) is 35.9 Å². The SMILES string of the molecule is N#CCC(=O)Nc1ccccc1CNC(=O)c1ccc(F)cc1. The van der Waals surface area contributed by atoms with Crippen LogP contribution >= 0.6 is 0 Å². The van der Waals surface area contributed by atoms with Crippen LogP contribution in [0, 0.1) is 17.1 Å². The monoisotopic (exact) mass is 311 g/mol. The molecular weight excluding hydrogens is 297 g/mol. The smallest absolute Gasteiger partial charge is 0.251 e. The maximum absolute atomic E-state index is 12.8. The third-order valence-electron chi connectivity index (χ3n) is 3.08. The Morgan fingerprint density at radius 1 is 1.09 bits per heavy atom. The second kappa shape index (κ2) is 7.71. The van der Waals surface area contributed by atoms with Gasteiger partial charge in [-0.15, -0.1) is 0 Å². The van der Waals surface area contributed by atoms with Gasteiger partial charge in [0.05, 0.1) is 6.07 Å². The molecule has 0 aliphatic rings. The summed E-state index contributed by atoms with van der Waals surface area (Å²) in [5, 5.41) is 13.8. The first-order valence-electron chi connectivity index (χ1n) is 6.88. The van der Waals surface area contributed by atoms with Gasteiger partial charge in [-0.25, -0.2) is 4.39 Å². The fourth-order valence-electron chi connectivity index (χ4n) is 1.94. The van der Waals surface area contributed by atoms with Crippen molar-refractivity contribution in [2.24, 2.45) is 0 Å². The molecule has 116 valence electrons. The minimum Gasteiger partial charge on any atom is -0.348 e. The zero-order chi connectivity index (χ0) is 16.7. The molecule has 5 nitrogen and oxygen atoms in total. The van der Waals surface area contributed by atoms with Crippen LogP contribution in [0.15, 0.2) is 48.5 Å². The molecule has 0 aliphatic carbocycles. The van der Waals surface area contributed by atoms with Gasteiger partial charge in [-0.2, -0.15) is 5.26 Å². The van der Waals surface area contributed by atoms with Crippen LogP contribution in [0.2, 0.25) is 0 Å². The third kappa shape index (κ3) is 4.64. The molecule has 0 saturated heterocycles. The molecule has 2 N–H and O–H groups in total. The van der Waals surface area contributed by atoms with Crippen LogP contribution < -0.4 is 10.6 Å². The molecule has 23 heavy (non-hydrogen) atoms. The van der Waals surface area contributed by atoms with Crippen molar-refractivity contribution in [2.75, 3.05) is 5.32 Å². The van der Waals surface area contributed by atoms with E-state index >= 15 is 0 Å². The molecule has 0 radical (unpaired) electrons. The summed E-state index contributed by atoms with van der Waals surface area (Å²) in [4.78, 5) is 23.5. The van der Waals surface area contributed by atoms with Crippen molar-refractivity contribution >= 4 is 17.5 Å². The molecule has 0 fully saturated rings. The van der Waals surface area contributed by atoms with E-state index in [9.17, 15) is 14.0 Å². The molecule has 0 aromatic heterocycles. The number of amides is 2. The zero-order valence-corrected chi connectivity index (χ0v) is 12.2. The first kappa shape index (κ1) is 16.2. The summed E-state index contributed by atoms with van der Waals surface area (Å²) in [6.07, 6.45) is -0.240. The highest BCUT2D eigenvalue weighted by atomic mass is 19.1. The third-order valence-corrected chi connectivity index (χ3v) is 3.08. The van der Waals surface area contributed by atoms with E-state index < -0.39 is 11.7 Å². The van der Waals surface area contributed by atoms with Gasteiger partial charge < -0.3 is 10.6 Å². The lowest BCUT2D eigenvalue weighted by atomic mass is 10.1. The Kier molecular flexibility index (Phi) is 5.42. The fourth-order valence-corrected chi connectivity index (χ4v) is 1.94. The van der Waals surface area contributed by atoms with Gasteiger partial charge >= 0.3 is 0 Å². The van der Waals surface area contributed by atoms with Crippen molar-refractivity contribution in [1.29, 1.82) is 5.26 Å². The van der Waals surface area contributed by atoms with E-state index in [0.29, 0.717) is 16.8 Å². The van der Waals surface area contributed by atoms with E-state index in [2.05, 4.69) is 10.6 Å². The predicted molar refractivity (Wildman–Crippen MR) is 82.9 cm³/mol. The summed E-state index contributed by atoms with van der Waals surface area (Å²) in [6, 6.07) is 14.0. The summed E-state index contributed by atoms with van der Waals surface area (Å²) < 4.78 is 12.8. The second-order valence-corrected chi connectivity index (χ2v) is 4.73. The van der Waals surface area contributed by atoms with E-state index in [0.717, 1.165) is 0 Å². The lowest BCUT2D eigenvalue weighted by Crippen LogP contribution is -2.23. The van der Waals surface area contributed by atoms with Crippen LogP contribution in [0.25, 0.3) is 0 Å². The largest absolute Gasteiger partial charge is 0.348 e. The second-order valence-electron chi connectivity index (χ2n) is 4.73. The number of hydrogen-bond donors (Lipinski definition) is 2. The highest BCUT2D eigenvalue weighted by Gasteiger charge is 2.09. The normalized spacial score (nSPS) is 9.74. The van der Waals surface area contributed by atoms with E-state index in [4.69, 9.17) is 5.26 Å². The maximum atomic E-state index is 12.8. The Morgan fingerprint density at radius 2 is 1.78 bits per heavy atom. The van der Waals surface area contributed by atoms with Crippen LogP contribution in [0.5, 0.6) is 0 Å². The molecule has 0 aliphatic heterocycles. The van der Waals surface area contributed by atoms with Gasteiger partial charge in [0.15, 0.2) is 0 Å². The topological polar surface area (TPSA) is 82.0 Å². The average Bonchev–Trinajstić information content (AvgIpc) is 2.54. The number of para-hydroxylation sites is 1. The number of rotatable bonds is 5. The highest BCUT2D eigenvalue weighted by Crippen LogP contribution is 2.15. The Bertz CT molecular complexity index is 751. The maximum Gasteiger partial charge on any atom is 0.251 e. The number of carbonyl (C=O) groups is 2. The van der Waals surface area contributed by atoms with Gasteiger partial charge in [-0.3, -0.25) is 9.59 Å². The Balaban J connectivity index is 2.03. The molecule has 6 heteroatoms. The zero-order valence-electron chi connectivity index (χ0n) is 12.2. The predicted octanol–water partition coefficient (Wildman–Crippen LogP) is 2.61. The minimum absolute atomic E-state index is 0.194. The summed E-state index contributed by atoms with van der Waals surface area (Å²) in [6.45, 7) is 0.194. The van der Waals surface area contributed by atoms with Gasteiger partial charge in [0.1, 0.15) is 12.2 Å². The van der Waals surface area contributed by atoms with Crippen LogP contribution in [-0.2, 0) is 11.3 Å². The molecule has 2 aromatic rings. The summed E-state index contributed by atoms with van der Waals surface area (Å²) in [7, 11) is 0. The first-order valence-corrected chi connectivity index (χ1v) is 6.88. The molecule has 2 rings (SSSR count). The number of carbonyl (C=O) groups excluding carboxylic acids is 2. The van der Waals surface area contributed by atoms with Crippen LogP contribution in [0.3, 0.4) is 0 Å². The quantitative estimate of drug-likeness (QED) is 0.890.